The summed E-state index contributed by atoms with van der Waals surface area (Å²) < 4.78 is 49.6. The van der Waals surface area contributed by atoms with Crippen molar-refractivity contribution in [3.8, 4) is 11.4 Å². The van der Waals surface area contributed by atoms with E-state index in [1.807, 2.05) is 4.98 Å². The number of nitrogens with one attached hydrogen (secondary N) is 2. The van der Waals surface area contributed by atoms with E-state index in [0.717, 1.165) is 61.9 Å². The highest BCUT2D eigenvalue weighted by Gasteiger charge is 2.33. The second-order valence-electron chi connectivity index (χ2n) is 9.50. The van der Waals surface area contributed by atoms with Crippen LogP contribution in [0, 0.1) is 11.8 Å². The lowest BCUT2D eigenvalue weighted by Crippen LogP contribution is -2.39. The fraction of sp³-hybridized carbons (Fsp3) is 0.560. The van der Waals surface area contributed by atoms with Gasteiger partial charge in [0.25, 0.3) is 11.5 Å². The van der Waals surface area contributed by atoms with Crippen molar-refractivity contribution >= 4 is 5.91 Å². The van der Waals surface area contributed by atoms with E-state index in [9.17, 15) is 27.6 Å². The number of H-pyrrole nitrogens is 1. The van der Waals surface area contributed by atoms with Crippen LogP contribution in [-0.2, 0) is 4.74 Å². The number of benzene rings is 1. The number of hydrogen-bond donors (Lipinski definition) is 2. The number of carbonyl (C=O) groups excluding carboxylic acids is 1. The van der Waals surface area contributed by atoms with Crippen LogP contribution in [-0.4, -0.2) is 66.1 Å². The number of alkyl halides is 3. The zero-order valence-corrected chi connectivity index (χ0v) is 20.4. The number of nitrogens with zero attached hydrogens (tertiary/aromatic N) is 2. The lowest BCUT2D eigenvalue weighted by Gasteiger charge is -2.32. The van der Waals surface area contributed by atoms with Crippen LogP contribution in [0.25, 0.3) is 5.69 Å². The summed E-state index contributed by atoms with van der Waals surface area (Å²) in [6.07, 6.45) is 0.987. The van der Waals surface area contributed by atoms with Crippen molar-refractivity contribution in [2.45, 2.75) is 38.5 Å². The van der Waals surface area contributed by atoms with Crippen LogP contribution in [0.1, 0.15) is 42.5 Å². The maximum absolute atomic E-state index is 13.1. The number of aromatic nitrogens is 2. The van der Waals surface area contributed by atoms with Gasteiger partial charge in [-0.15, -0.1) is 13.2 Å². The molecule has 0 saturated carbocycles. The predicted octanol–water partition coefficient (Wildman–Crippen LogP) is 2.68. The Morgan fingerprint density at radius 3 is 2.43 bits per heavy atom. The summed E-state index contributed by atoms with van der Waals surface area (Å²) in [5.74, 6) is 0.0292. The van der Waals surface area contributed by atoms with E-state index in [4.69, 9.17) is 4.74 Å². The summed E-state index contributed by atoms with van der Waals surface area (Å²) in [6.45, 7) is 4.52. The summed E-state index contributed by atoms with van der Waals surface area (Å²) in [6, 6.07) is 4.39. The minimum absolute atomic E-state index is 0.110. The molecule has 0 unspecified atom stereocenters. The van der Waals surface area contributed by atoms with Crippen LogP contribution in [0.3, 0.4) is 0 Å². The van der Waals surface area contributed by atoms with Gasteiger partial charge in [0, 0.05) is 44.1 Å². The summed E-state index contributed by atoms with van der Waals surface area (Å²) in [4.78, 5) is 40.4. The SMILES string of the molecule is O=C(c1ccc(OC(F)(F)F)c(-n2ccc(=O)[nH]c2=O)c1)N1CCC(COCCC2CCNCC2)CC1. The van der Waals surface area contributed by atoms with E-state index >= 15 is 0 Å². The maximum atomic E-state index is 13.1. The Kier molecular flexibility index (Phi) is 8.70. The van der Waals surface area contributed by atoms with Crippen LogP contribution in [0.5, 0.6) is 5.75 Å². The average Bonchev–Trinajstić information content (AvgIpc) is 2.87. The highest BCUT2D eigenvalue weighted by atomic mass is 19.4. The fourth-order valence-electron chi connectivity index (χ4n) is 4.81. The number of hydrogen-bond acceptors (Lipinski definition) is 6. The summed E-state index contributed by atoms with van der Waals surface area (Å²) >= 11 is 0. The Hall–Kier alpha value is -3.12. The summed E-state index contributed by atoms with van der Waals surface area (Å²) in [7, 11) is 0. The molecule has 37 heavy (non-hydrogen) atoms. The van der Waals surface area contributed by atoms with E-state index in [1.54, 1.807) is 4.90 Å². The second-order valence-corrected chi connectivity index (χ2v) is 9.50. The Morgan fingerprint density at radius 2 is 1.76 bits per heavy atom. The third-order valence-corrected chi connectivity index (χ3v) is 6.90. The monoisotopic (exact) mass is 524 g/mol. The number of amides is 1. The first-order valence-corrected chi connectivity index (χ1v) is 12.5. The first-order valence-electron chi connectivity index (χ1n) is 12.5. The molecule has 2 fully saturated rings. The maximum Gasteiger partial charge on any atom is 0.573 e. The van der Waals surface area contributed by atoms with Crippen LogP contribution in [0.15, 0.2) is 40.1 Å². The Labute approximate surface area is 211 Å². The van der Waals surface area contributed by atoms with Crippen LogP contribution in [0.4, 0.5) is 13.2 Å². The normalized spacial score (nSPS) is 17.6. The van der Waals surface area contributed by atoms with Crippen molar-refractivity contribution in [1.82, 2.24) is 19.8 Å². The molecule has 0 spiro atoms. The van der Waals surface area contributed by atoms with Crippen molar-refractivity contribution < 1.29 is 27.4 Å². The number of halogens is 3. The number of piperidine rings is 2. The van der Waals surface area contributed by atoms with E-state index in [-0.39, 0.29) is 17.2 Å². The fourth-order valence-corrected chi connectivity index (χ4v) is 4.81. The van der Waals surface area contributed by atoms with Crippen molar-refractivity contribution in [1.29, 1.82) is 0 Å². The molecule has 0 bridgehead atoms. The lowest BCUT2D eigenvalue weighted by molar-refractivity contribution is -0.274. The molecular formula is C25H31F3N4O5. The van der Waals surface area contributed by atoms with Gasteiger partial charge in [0.05, 0.1) is 5.69 Å². The largest absolute Gasteiger partial charge is 0.573 e. The molecule has 0 atom stereocenters. The number of ether oxygens (including phenoxy) is 2. The third kappa shape index (κ3) is 7.45. The average molecular weight is 525 g/mol. The van der Waals surface area contributed by atoms with Crippen LogP contribution in [0.2, 0.25) is 0 Å². The molecule has 9 nitrogen and oxygen atoms in total. The molecule has 0 aliphatic carbocycles. The molecule has 4 rings (SSSR count). The van der Waals surface area contributed by atoms with Gasteiger partial charge in [-0.25, -0.2) is 4.79 Å². The van der Waals surface area contributed by atoms with Crippen molar-refractivity contribution in [2.24, 2.45) is 11.8 Å². The van der Waals surface area contributed by atoms with Gasteiger partial charge < -0.3 is 19.7 Å². The first kappa shape index (κ1) is 26.9. The molecule has 2 aromatic rings. The van der Waals surface area contributed by atoms with Gasteiger partial charge in [0.1, 0.15) is 0 Å². The molecular weight excluding hydrogens is 493 g/mol. The van der Waals surface area contributed by atoms with Crippen molar-refractivity contribution in [2.75, 3.05) is 39.4 Å². The second kappa shape index (κ2) is 12.0. The Morgan fingerprint density at radius 1 is 1.03 bits per heavy atom. The molecule has 12 heteroatoms. The van der Waals surface area contributed by atoms with Gasteiger partial charge in [-0.2, -0.15) is 0 Å². The Bertz CT molecular complexity index is 1180. The minimum atomic E-state index is -5.01. The molecule has 2 aliphatic heterocycles. The molecule has 2 aliphatic rings. The number of aromatic amines is 1. The highest BCUT2D eigenvalue weighted by Crippen LogP contribution is 2.30. The van der Waals surface area contributed by atoms with Crippen molar-refractivity contribution in [3.63, 3.8) is 0 Å². The van der Waals surface area contributed by atoms with Gasteiger partial charge in [0.2, 0.25) is 0 Å². The van der Waals surface area contributed by atoms with Gasteiger partial charge in [-0.05, 0) is 75.2 Å². The number of likely N-dealkylation sites (tertiary alicyclic amines) is 1. The quantitative estimate of drug-likeness (QED) is 0.515. The molecule has 1 amide bonds. The number of carbonyl (C=O) groups is 1. The van der Waals surface area contributed by atoms with Gasteiger partial charge in [0.15, 0.2) is 5.75 Å². The molecule has 202 valence electrons. The van der Waals surface area contributed by atoms with Crippen LogP contribution < -0.4 is 21.3 Å². The zero-order chi connectivity index (χ0) is 26.4. The minimum Gasteiger partial charge on any atom is -0.404 e. The van der Waals surface area contributed by atoms with Gasteiger partial charge >= 0.3 is 12.1 Å². The number of rotatable bonds is 8. The molecule has 2 saturated heterocycles. The summed E-state index contributed by atoms with van der Waals surface area (Å²) in [5, 5.41) is 3.36. The molecule has 1 aromatic carbocycles. The van der Waals surface area contributed by atoms with Gasteiger partial charge in [-0.1, -0.05) is 0 Å². The predicted molar refractivity (Wildman–Crippen MR) is 129 cm³/mol. The standard InChI is InChI=1S/C25H31F3N4O5/c26-25(27,28)37-21-2-1-19(15-20(21)32-13-7-22(33)30-24(32)35)23(34)31-11-5-18(6-12-31)16-36-14-8-17-3-9-29-10-4-17/h1-2,7,13,15,17-18,29H,3-6,8-12,14,16H2,(H,30,33,35). The lowest BCUT2D eigenvalue weighted by atomic mass is 9.95. The van der Waals surface area contributed by atoms with Crippen LogP contribution >= 0.6 is 0 Å². The van der Waals surface area contributed by atoms with E-state index in [2.05, 4.69) is 10.1 Å². The highest BCUT2D eigenvalue weighted by molar-refractivity contribution is 5.95. The molecule has 0 radical (unpaired) electrons. The third-order valence-electron chi connectivity index (χ3n) is 6.90. The Balaban J connectivity index is 1.38. The van der Waals surface area contributed by atoms with Gasteiger partial charge in [-0.3, -0.25) is 19.1 Å². The molecule has 2 N–H and O–H groups in total. The molecule has 1 aromatic heterocycles. The smallest absolute Gasteiger partial charge is 0.404 e. The van der Waals surface area contributed by atoms with Crippen molar-refractivity contribution in [3.05, 3.63) is 56.9 Å². The zero-order valence-electron chi connectivity index (χ0n) is 20.4. The van der Waals surface area contributed by atoms with E-state index < -0.39 is 23.4 Å². The topological polar surface area (TPSA) is 106 Å². The van der Waals surface area contributed by atoms with E-state index in [1.165, 1.54) is 25.0 Å². The summed E-state index contributed by atoms with van der Waals surface area (Å²) in [5.41, 5.74) is -1.85. The van der Waals surface area contributed by atoms with E-state index in [0.29, 0.717) is 31.5 Å². The first-order chi connectivity index (χ1) is 17.7. The molecule has 3 heterocycles.